The van der Waals surface area contributed by atoms with Crippen molar-refractivity contribution in [1.29, 1.82) is 0 Å². The van der Waals surface area contributed by atoms with Crippen LogP contribution in [0.4, 0.5) is 10.5 Å². The first-order chi connectivity index (χ1) is 19.8. The van der Waals surface area contributed by atoms with E-state index in [0.717, 1.165) is 11.3 Å². The van der Waals surface area contributed by atoms with E-state index in [1.54, 1.807) is 65.3 Å². The Kier molecular flexibility index (Phi) is 7.05. The lowest BCUT2D eigenvalue weighted by molar-refractivity contribution is 0.0441. The lowest BCUT2D eigenvalue weighted by Gasteiger charge is -2.34. The van der Waals surface area contributed by atoms with Crippen molar-refractivity contribution >= 4 is 44.3 Å². The Hall–Kier alpha value is -4.49. The maximum absolute atomic E-state index is 13.9. The molecule has 2 N–H and O–H groups in total. The molecule has 1 fully saturated rings. The van der Waals surface area contributed by atoms with Crippen molar-refractivity contribution in [2.24, 2.45) is 0 Å². The van der Waals surface area contributed by atoms with E-state index in [-0.39, 0.29) is 22.3 Å². The fourth-order valence-corrected chi connectivity index (χ4v) is 6.58. The fourth-order valence-electron chi connectivity index (χ4n) is 5.06. The molecule has 0 radical (unpaired) electrons. The maximum atomic E-state index is 13.9. The average Bonchev–Trinajstić information content (AvgIpc) is 3.62. The SMILES string of the molecule is Cc1cc(C(=O)Nc2cnc3c(c2)cc(C2=CCN(C(=O)N4CCOCC4)CC2)n3S(=O)(=O)c2ccccc2)n[nH]1. The van der Waals surface area contributed by atoms with Gasteiger partial charge in [-0.25, -0.2) is 22.2 Å². The molecule has 2 aliphatic heterocycles. The zero-order valence-corrected chi connectivity index (χ0v) is 23.2. The summed E-state index contributed by atoms with van der Waals surface area (Å²) >= 11 is 0. The van der Waals surface area contributed by atoms with Gasteiger partial charge in [-0.3, -0.25) is 9.89 Å². The number of H-pyrrole nitrogens is 1. The summed E-state index contributed by atoms with van der Waals surface area (Å²) in [7, 11) is -4.02. The summed E-state index contributed by atoms with van der Waals surface area (Å²) in [6.45, 7) is 4.76. The van der Waals surface area contributed by atoms with Crippen molar-refractivity contribution in [3.05, 3.63) is 77.9 Å². The summed E-state index contributed by atoms with van der Waals surface area (Å²) in [4.78, 5) is 33.8. The van der Waals surface area contributed by atoms with Crippen LogP contribution in [0, 0.1) is 6.92 Å². The van der Waals surface area contributed by atoms with Gasteiger partial charge < -0.3 is 19.9 Å². The number of aromatic amines is 1. The van der Waals surface area contributed by atoms with Crippen LogP contribution in [0.25, 0.3) is 16.6 Å². The monoisotopic (exact) mass is 575 g/mol. The lowest BCUT2D eigenvalue weighted by atomic mass is 10.0. The van der Waals surface area contributed by atoms with E-state index < -0.39 is 15.9 Å². The van der Waals surface area contributed by atoms with Crippen molar-refractivity contribution in [2.45, 2.75) is 18.2 Å². The quantitative estimate of drug-likeness (QED) is 0.372. The molecule has 0 bridgehead atoms. The van der Waals surface area contributed by atoms with Gasteiger partial charge in [0, 0.05) is 37.3 Å². The third kappa shape index (κ3) is 5.21. The molecule has 0 atom stereocenters. The van der Waals surface area contributed by atoms with Gasteiger partial charge in [0.15, 0.2) is 11.3 Å². The predicted octanol–water partition coefficient (Wildman–Crippen LogP) is 3.10. The molecule has 1 aromatic carbocycles. The third-order valence-corrected chi connectivity index (χ3v) is 8.88. The van der Waals surface area contributed by atoms with Crippen LogP contribution in [0.15, 0.2) is 65.7 Å². The number of ether oxygens (including phenoxy) is 1. The number of urea groups is 1. The second-order valence-corrected chi connectivity index (χ2v) is 11.7. The van der Waals surface area contributed by atoms with Gasteiger partial charge in [0.1, 0.15) is 0 Å². The Balaban J connectivity index is 1.36. The summed E-state index contributed by atoms with van der Waals surface area (Å²) in [6, 6.07) is 13.2. The summed E-state index contributed by atoms with van der Waals surface area (Å²) in [5.74, 6) is -0.410. The van der Waals surface area contributed by atoms with E-state index in [0.29, 0.717) is 62.6 Å². The topological polar surface area (TPSA) is 143 Å². The van der Waals surface area contributed by atoms with E-state index in [9.17, 15) is 18.0 Å². The predicted molar refractivity (Wildman–Crippen MR) is 152 cm³/mol. The average molecular weight is 576 g/mol. The van der Waals surface area contributed by atoms with E-state index in [4.69, 9.17) is 4.74 Å². The molecule has 4 aromatic rings. The van der Waals surface area contributed by atoms with Crippen LogP contribution in [0.2, 0.25) is 0 Å². The second kappa shape index (κ2) is 10.8. The maximum Gasteiger partial charge on any atom is 0.320 e. The molecule has 5 heterocycles. The number of anilines is 1. The minimum atomic E-state index is -4.02. The molecular formula is C28H29N7O5S. The smallest absolute Gasteiger partial charge is 0.320 e. The molecule has 12 nitrogen and oxygen atoms in total. The highest BCUT2D eigenvalue weighted by Crippen LogP contribution is 2.33. The minimum absolute atomic E-state index is 0.0461. The number of fused-ring (bicyclic) bond motifs is 1. The van der Waals surface area contributed by atoms with Crippen molar-refractivity contribution < 1.29 is 22.7 Å². The van der Waals surface area contributed by atoms with Gasteiger partial charge in [0.05, 0.1) is 35.7 Å². The van der Waals surface area contributed by atoms with Gasteiger partial charge in [0.25, 0.3) is 15.9 Å². The number of aromatic nitrogens is 4. The number of nitrogens with zero attached hydrogens (tertiary/aromatic N) is 5. The number of rotatable bonds is 5. The molecule has 0 aliphatic carbocycles. The summed E-state index contributed by atoms with van der Waals surface area (Å²) in [6.07, 6.45) is 3.80. The van der Waals surface area contributed by atoms with Gasteiger partial charge in [-0.05, 0) is 49.2 Å². The molecule has 0 spiro atoms. The molecule has 6 rings (SSSR count). The first-order valence-electron chi connectivity index (χ1n) is 13.3. The first kappa shape index (κ1) is 26.7. The summed E-state index contributed by atoms with van der Waals surface area (Å²) < 4.78 is 34.5. The van der Waals surface area contributed by atoms with Crippen molar-refractivity contribution in [1.82, 2.24) is 29.0 Å². The van der Waals surface area contributed by atoms with Crippen LogP contribution < -0.4 is 5.32 Å². The number of carbonyl (C=O) groups excluding carboxylic acids is 2. The molecule has 0 unspecified atom stereocenters. The number of pyridine rings is 1. The Morgan fingerprint density at radius 1 is 1.02 bits per heavy atom. The molecule has 1 saturated heterocycles. The highest BCUT2D eigenvalue weighted by Gasteiger charge is 2.29. The molecule has 3 aromatic heterocycles. The molecule has 41 heavy (non-hydrogen) atoms. The molecular weight excluding hydrogens is 546 g/mol. The van der Waals surface area contributed by atoms with E-state index in [1.807, 2.05) is 6.08 Å². The summed E-state index contributed by atoms with van der Waals surface area (Å²) in [5, 5.41) is 10.0. The van der Waals surface area contributed by atoms with Crippen LogP contribution in [0.5, 0.6) is 0 Å². The Bertz CT molecular complexity index is 1750. The normalized spacial score (nSPS) is 16.1. The number of hydrogen-bond acceptors (Lipinski definition) is 7. The van der Waals surface area contributed by atoms with Crippen molar-refractivity contribution in [3.8, 4) is 0 Å². The largest absolute Gasteiger partial charge is 0.378 e. The van der Waals surface area contributed by atoms with Gasteiger partial charge in [-0.2, -0.15) is 5.10 Å². The van der Waals surface area contributed by atoms with Crippen molar-refractivity contribution in [2.75, 3.05) is 44.7 Å². The molecule has 212 valence electrons. The Labute approximate surface area is 236 Å². The highest BCUT2D eigenvalue weighted by molar-refractivity contribution is 7.90. The summed E-state index contributed by atoms with van der Waals surface area (Å²) in [5.41, 5.74) is 2.90. The number of nitrogens with one attached hydrogen (secondary N) is 2. The van der Waals surface area contributed by atoms with Crippen LogP contribution in [0.1, 0.15) is 28.3 Å². The second-order valence-electron chi connectivity index (χ2n) is 9.95. The van der Waals surface area contributed by atoms with Gasteiger partial charge in [-0.15, -0.1) is 0 Å². The standard InChI is InChI=1S/C28H29N7O5S/c1-19-15-24(32-31-19)27(36)30-22-16-21-17-25(20-7-9-33(10-8-20)28(37)34-11-13-40-14-12-34)35(26(21)29-18-22)41(38,39)23-5-3-2-4-6-23/h2-7,15-18H,8-14H2,1H3,(H,30,36)(H,31,32). The zero-order valence-electron chi connectivity index (χ0n) is 22.4. The fraction of sp³-hybridized carbons (Fsp3) is 0.286. The molecule has 0 saturated carbocycles. The van der Waals surface area contributed by atoms with Crippen LogP contribution in [-0.4, -0.2) is 88.7 Å². The number of morpholine rings is 1. The van der Waals surface area contributed by atoms with Crippen molar-refractivity contribution in [3.63, 3.8) is 0 Å². The van der Waals surface area contributed by atoms with E-state index in [1.165, 1.54) is 10.2 Å². The molecule has 2 aliphatic rings. The molecule has 13 heteroatoms. The van der Waals surface area contributed by atoms with E-state index >= 15 is 0 Å². The van der Waals surface area contributed by atoms with E-state index in [2.05, 4.69) is 20.5 Å². The number of benzene rings is 1. The Morgan fingerprint density at radius 2 is 1.80 bits per heavy atom. The zero-order chi connectivity index (χ0) is 28.6. The molecule has 3 amide bonds. The number of hydrogen-bond donors (Lipinski definition) is 2. The van der Waals surface area contributed by atoms with Gasteiger partial charge in [0.2, 0.25) is 0 Å². The lowest BCUT2D eigenvalue weighted by Crippen LogP contribution is -2.49. The Morgan fingerprint density at radius 3 is 2.49 bits per heavy atom. The van der Waals surface area contributed by atoms with Gasteiger partial charge >= 0.3 is 6.03 Å². The number of aryl methyl sites for hydroxylation is 1. The van der Waals surface area contributed by atoms with Gasteiger partial charge in [-0.1, -0.05) is 24.3 Å². The first-order valence-corrected chi connectivity index (χ1v) is 14.7. The third-order valence-electron chi connectivity index (χ3n) is 7.17. The van der Waals surface area contributed by atoms with Crippen LogP contribution >= 0.6 is 0 Å². The highest BCUT2D eigenvalue weighted by atomic mass is 32.2. The minimum Gasteiger partial charge on any atom is -0.378 e. The number of amides is 3. The van der Waals surface area contributed by atoms with Crippen LogP contribution in [-0.2, 0) is 14.8 Å². The number of carbonyl (C=O) groups is 2. The van der Waals surface area contributed by atoms with Crippen LogP contribution in [0.3, 0.4) is 0 Å².